The predicted molar refractivity (Wildman–Crippen MR) is 85.3 cm³/mol. The SMILES string of the molecule is C[C@@H](NC1CCN(c2ccccn2)CC1)c1cccs1. The molecule has 0 unspecified atom stereocenters. The first-order valence-electron chi connectivity index (χ1n) is 7.28. The van der Waals surface area contributed by atoms with Crippen molar-refractivity contribution in [3.8, 4) is 0 Å². The molecule has 3 heterocycles. The van der Waals surface area contributed by atoms with E-state index in [-0.39, 0.29) is 0 Å². The highest BCUT2D eigenvalue weighted by atomic mass is 32.1. The normalized spacial score (nSPS) is 18.1. The summed E-state index contributed by atoms with van der Waals surface area (Å²) in [7, 11) is 0. The number of rotatable bonds is 4. The van der Waals surface area contributed by atoms with Gasteiger partial charge in [0.15, 0.2) is 0 Å². The zero-order valence-corrected chi connectivity index (χ0v) is 12.6. The molecular formula is C16H21N3S. The first-order chi connectivity index (χ1) is 9.83. The molecule has 0 aliphatic carbocycles. The van der Waals surface area contributed by atoms with E-state index in [9.17, 15) is 0 Å². The summed E-state index contributed by atoms with van der Waals surface area (Å²) in [6.07, 6.45) is 4.25. The van der Waals surface area contributed by atoms with Gasteiger partial charge in [-0.3, -0.25) is 0 Å². The van der Waals surface area contributed by atoms with Crippen LogP contribution in [-0.4, -0.2) is 24.1 Å². The summed E-state index contributed by atoms with van der Waals surface area (Å²) in [6, 6.07) is 11.6. The number of anilines is 1. The summed E-state index contributed by atoms with van der Waals surface area (Å²) >= 11 is 1.83. The molecule has 1 atom stereocenters. The summed E-state index contributed by atoms with van der Waals surface area (Å²) in [4.78, 5) is 8.25. The number of hydrogen-bond acceptors (Lipinski definition) is 4. The molecule has 0 amide bonds. The third-order valence-corrected chi connectivity index (χ3v) is 4.98. The Morgan fingerprint density at radius 2 is 2.10 bits per heavy atom. The highest BCUT2D eigenvalue weighted by Gasteiger charge is 2.21. The van der Waals surface area contributed by atoms with Crippen molar-refractivity contribution in [2.24, 2.45) is 0 Å². The van der Waals surface area contributed by atoms with Gasteiger partial charge in [0.1, 0.15) is 5.82 Å². The number of thiophene rings is 1. The van der Waals surface area contributed by atoms with E-state index in [0.717, 1.165) is 18.9 Å². The lowest BCUT2D eigenvalue weighted by Crippen LogP contribution is -2.43. The van der Waals surface area contributed by atoms with E-state index >= 15 is 0 Å². The first-order valence-corrected chi connectivity index (χ1v) is 8.16. The van der Waals surface area contributed by atoms with Crippen LogP contribution < -0.4 is 10.2 Å². The number of nitrogens with one attached hydrogen (secondary N) is 1. The fourth-order valence-corrected chi connectivity index (χ4v) is 3.53. The molecule has 4 heteroatoms. The van der Waals surface area contributed by atoms with Crippen LogP contribution >= 0.6 is 11.3 Å². The second-order valence-electron chi connectivity index (χ2n) is 5.35. The Hall–Kier alpha value is -1.39. The van der Waals surface area contributed by atoms with Gasteiger partial charge < -0.3 is 10.2 Å². The van der Waals surface area contributed by atoms with E-state index in [1.165, 1.54) is 17.7 Å². The maximum atomic E-state index is 4.44. The molecule has 1 aliphatic rings. The highest BCUT2D eigenvalue weighted by molar-refractivity contribution is 7.10. The Kier molecular flexibility index (Phi) is 4.33. The van der Waals surface area contributed by atoms with Crippen LogP contribution in [0.5, 0.6) is 0 Å². The molecule has 0 saturated carbocycles. The molecule has 0 spiro atoms. The Morgan fingerprint density at radius 1 is 1.25 bits per heavy atom. The van der Waals surface area contributed by atoms with Gasteiger partial charge in [-0.2, -0.15) is 0 Å². The molecule has 2 aromatic rings. The van der Waals surface area contributed by atoms with Crippen molar-refractivity contribution < 1.29 is 0 Å². The Bertz CT molecular complexity index is 504. The van der Waals surface area contributed by atoms with Crippen LogP contribution in [0.1, 0.15) is 30.7 Å². The smallest absolute Gasteiger partial charge is 0.128 e. The van der Waals surface area contributed by atoms with Gasteiger partial charge in [-0.25, -0.2) is 4.98 Å². The number of hydrogen-bond donors (Lipinski definition) is 1. The van der Waals surface area contributed by atoms with Crippen LogP contribution in [0.15, 0.2) is 41.9 Å². The lowest BCUT2D eigenvalue weighted by Gasteiger charge is -2.34. The van der Waals surface area contributed by atoms with Gasteiger partial charge in [-0.15, -0.1) is 11.3 Å². The van der Waals surface area contributed by atoms with Gasteiger partial charge in [0.05, 0.1) is 0 Å². The van der Waals surface area contributed by atoms with Crippen LogP contribution in [0, 0.1) is 0 Å². The summed E-state index contributed by atoms with van der Waals surface area (Å²) < 4.78 is 0. The molecule has 1 aliphatic heterocycles. The van der Waals surface area contributed by atoms with E-state index in [0.29, 0.717) is 12.1 Å². The Labute approximate surface area is 124 Å². The second kappa shape index (κ2) is 6.37. The van der Waals surface area contributed by atoms with Crippen LogP contribution in [0.4, 0.5) is 5.82 Å². The van der Waals surface area contributed by atoms with Gasteiger partial charge in [0, 0.05) is 36.2 Å². The zero-order valence-electron chi connectivity index (χ0n) is 11.8. The van der Waals surface area contributed by atoms with Crippen LogP contribution in [0.3, 0.4) is 0 Å². The zero-order chi connectivity index (χ0) is 13.8. The average Bonchev–Trinajstić information content (AvgIpc) is 3.03. The molecule has 2 aromatic heterocycles. The maximum absolute atomic E-state index is 4.44. The molecule has 0 bridgehead atoms. The van der Waals surface area contributed by atoms with Crippen molar-refractivity contribution in [1.29, 1.82) is 0 Å². The highest BCUT2D eigenvalue weighted by Crippen LogP contribution is 2.22. The minimum atomic E-state index is 0.460. The summed E-state index contributed by atoms with van der Waals surface area (Å²) in [6.45, 7) is 4.44. The van der Waals surface area contributed by atoms with Gasteiger partial charge >= 0.3 is 0 Å². The van der Waals surface area contributed by atoms with E-state index in [1.54, 1.807) is 0 Å². The predicted octanol–water partition coefficient (Wildman–Crippen LogP) is 3.46. The molecule has 20 heavy (non-hydrogen) atoms. The van der Waals surface area contributed by atoms with Crippen molar-refractivity contribution >= 4 is 17.2 Å². The van der Waals surface area contributed by atoms with E-state index in [4.69, 9.17) is 0 Å². The lowest BCUT2D eigenvalue weighted by atomic mass is 10.0. The maximum Gasteiger partial charge on any atom is 0.128 e. The molecule has 1 fully saturated rings. The van der Waals surface area contributed by atoms with E-state index < -0.39 is 0 Å². The number of nitrogens with zero attached hydrogens (tertiary/aromatic N) is 2. The van der Waals surface area contributed by atoms with Crippen molar-refractivity contribution in [1.82, 2.24) is 10.3 Å². The number of aromatic nitrogens is 1. The van der Waals surface area contributed by atoms with Gasteiger partial charge in [0.25, 0.3) is 0 Å². The molecule has 106 valence electrons. The molecule has 1 N–H and O–H groups in total. The number of piperidine rings is 1. The fraction of sp³-hybridized carbons (Fsp3) is 0.438. The Balaban J connectivity index is 1.51. The summed E-state index contributed by atoms with van der Waals surface area (Å²) in [5, 5.41) is 5.91. The molecular weight excluding hydrogens is 266 g/mol. The number of pyridine rings is 1. The van der Waals surface area contributed by atoms with Crippen LogP contribution in [-0.2, 0) is 0 Å². The molecule has 0 radical (unpaired) electrons. The first kappa shape index (κ1) is 13.6. The fourth-order valence-electron chi connectivity index (χ4n) is 2.79. The van der Waals surface area contributed by atoms with Gasteiger partial charge in [0.2, 0.25) is 0 Å². The third kappa shape index (κ3) is 3.19. The lowest BCUT2D eigenvalue weighted by molar-refractivity contribution is 0.382. The largest absolute Gasteiger partial charge is 0.357 e. The second-order valence-corrected chi connectivity index (χ2v) is 6.33. The van der Waals surface area contributed by atoms with Crippen molar-refractivity contribution in [3.05, 3.63) is 46.8 Å². The third-order valence-electron chi connectivity index (χ3n) is 3.92. The van der Waals surface area contributed by atoms with E-state index in [1.807, 2.05) is 23.6 Å². The molecule has 0 aromatic carbocycles. The van der Waals surface area contributed by atoms with Gasteiger partial charge in [-0.05, 0) is 43.3 Å². The Morgan fingerprint density at radius 3 is 2.75 bits per heavy atom. The average molecular weight is 287 g/mol. The standard InChI is InChI=1S/C16H21N3S/c1-13(15-5-4-12-20-15)18-14-7-10-19(11-8-14)16-6-2-3-9-17-16/h2-6,9,12-14,18H,7-8,10-11H2,1H3/t13-/m1/s1. The van der Waals surface area contributed by atoms with Crippen molar-refractivity contribution in [2.75, 3.05) is 18.0 Å². The van der Waals surface area contributed by atoms with Gasteiger partial charge in [-0.1, -0.05) is 12.1 Å². The summed E-state index contributed by atoms with van der Waals surface area (Å²) in [5.41, 5.74) is 0. The van der Waals surface area contributed by atoms with E-state index in [2.05, 4.69) is 51.8 Å². The summed E-state index contributed by atoms with van der Waals surface area (Å²) in [5.74, 6) is 1.11. The topological polar surface area (TPSA) is 28.2 Å². The monoisotopic (exact) mass is 287 g/mol. The minimum absolute atomic E-state index is 0.460. The van der Waals surface area contributed by atoms with Crippen molar-refractivity contribution in [3.63, 3.8) is 0 Å². The molecule has 3 rings (SSSR count). The minimum Gasteiger partial charge on any atom is -0.357 e. The molecule has 1 saturated heterocycles. The van der Waals surface area contributed by atoms with Crippen LogP contribution in [0.25, 0.3) is 0 Å². The van der Waals surface area contributed by atoms with Crippen LogP contribution in [0.2, 0.25) is 0 Å². The quantitative estimate of drug-likeness (QED) is 0.933. The molecule has 3 nitrogen and oxygen atoms in total. The van der Waals surface area contributed by atoms with Crippen molar-refractivity contribution in [2.45, 2.75) is 31.8 Å².